The Hall–Kier alpha value is -2.01. The van der Waals surface area contributed by atoms with Gasteiger partial charge in [-0.3, -0.25) is 4.79 Å². The molecule has 0 saturated carbocycles. The van der Waals surface area contributed by atoms with Gasteiger partial charge in [0.15, 0.2) is 0 Å². The summed E-state index contributed by atoms with van der Waals surface area (Å²) in [4.78, 5) is 10.7. The molecule has 0 radical (unpaired) electrons. The summed E-state index contributed by atoms with van der Waals surface area (Å²) in [6.07, 6.45) is -0.00865. The summed E-state index contributed by atoms with van der Waals surface area (Å²) >= 11 is 3.43. The highest BCUT2D eigenvalue weighted by atomic mass is 79.9. The Bertz CT molecular complexity index is 640. The maximum absolute atomic E-state index is 10.7. The average Bonchev–Trinajstić information content (AvgIpc) is 2.45. The highest BCUT2D eigenvalue weighted by molar-refractivity contribution is 9.10. The van der Waals surface area contributed by atoms with Crippen LogP contribution in [0.15, 0.2) is 46.9 Å². The van der Waals surface area contributed by atoms with Crippen LogP contribution in [-0.4, -0.2) is 18.2 Å². The molecule has 0 aromatic heterocycles. The number of methoxy groups -OCH3 is 1. The molecule has 0 heterocycles. The minimum absolute atomic E-state index is 0.00865. The number of carboxylic acids is 1. The largest absolute Gasteiger partial charge is 0.496 e. The molecule has 0 amide bonds. The third-order valence-corrected chi connectivity index (χ3v) is 3.50. The van der Waals surface area contributed by atoms with Crippen LogP contribution < -0.4 is 9.47 Å². The highest BCUT2D eigenvalue weighted by Crippen LogP contribution is 2.26. The second kappa shape index (κ2) is 7.13. The van der Waals surface area contributed by atoms with Crippen LogP contribution in [0.25, 0.3) is 0 Å². The zero-order chi connectivity index (χ0) is 15.2. The van der Waals surface area contributed by atoms with Crippen LogP contribution in [0.2, 0.25) is 0 Å². The number of hydrogen-bond acceptors (Lipinski definition) is 3. The summed E-state index contributed by atoms with van der Waals surface area (Å²) < 4.78 is 11.7. The summed E-state index contributed by atoms with van der Waals surface area (Å²) in [5, 5.41) is 8.79. The first-order valence-electron chi connectivity index (χ1n) is 6.34. The van der Waals surface area contributed by atoms with Crippen molar-refractivity contribution in [3.8, 4) is 11.5 Å². The van der Waals surface area contributed by atoms with Crippen LogP contribution in [0, 0.1) is 0 Å². The van der Waals surface area contributed by atoms with Gasteiger partial charge in [0.25, 0.3) is 0 Å². The molecule has 0 bridgehead atoms. The van der Waals surface area contributed by atoms with Crippen molar-refractivity contribution in [2.24, 2.45) is 0 Å². The molecule has 2 aromatic rings. The van der Waals surface area contributed by atoms with Crippen molar-refractivity contribution < 1.29 is 19.4 Å². The Kier molecular flexibility index (Phi) is 5.22. The number of carboxylic acid groups (broad SMARTS) is 1. The van der Waals surface area contributed by atoms with Crippen molar-refractivity contribution in [1.82, 2.24) is 0 Å². The Balaban J connectivity index is 2.02. The van der Waals surface area contributed by atoms with Crippen LogP contribution in [0.3, 0.4) is 0 Å². The first-order chi connectivity index (χ1) is 10.1. The first-order valence-corrected chi connectivity index (χ1v) is 7.13. The van der Waals surface area contributed by atoms with Gasteiger partial charge in [-0.1, -0.05) is 18.2 Å². The van der Waals surface area contributed by atoms with Gasteiger partial charge in [-0.25, -0.2) is 0 Å². The lowest BCUT2D eigenvalue weighted by atomic mass is 10.1. The first kappa shape index (κ1) is 15.4. The van der Waals surface area contributed by atoms with E-state index in [4.69, 9.17) is 14.6 Å². The minimum atomic E-state index is -0.855. The van der Waals surface area contributed by atoms with E-state index in [0.29, 0.717) is 12.4 Å². The van der Waals surface area contributed by atoms with E-state index >= 15 is 0 Å². The fourth-order valence-electron chi connectivity index (χ4n) is 1.89. The predicted molar refractivity (Wildman–Crippen MR) is 82.8 cm³/mol. The molecule has 0 aliphatic heterocycles. The van der Waals surface area contributed by atoms with Crippen LogP contribution in [0.1, 0.15) is 11.1 Å². The third-order valence-electron chi connectivity index (χ3n) is 2.88. The second-order valence-electron chi connectivity index (χ2n) is 4.48. The Morgan fingerprint density at radius 1 is 1.19 bits per heavy atom. The lowest BCUT2D eigenvalue weighted by Gasteiger charge is -2.09. The molecule has 0 spiro atoms. The van der Waals surface area contributed by atoms with E-state index in [0.717, 1.165) is 21.3 Å². The second-order valence-corrected chi connectivity index (χ2v) is 5.33. The van der Waals surface area contributed by atoms with Gasteiger partial charge >= 0.3 is 5.97 Å². The SMILES string of the molecule is COc1ccc(COc2cccc(CC(=O)O)c2)cc1Br. The predicted octanol–water partition coefficient (Wildman–Crippen LogP) is 3.66. The number of carbonyl (C=O) groups is 1. The van der Waals surface area contributed by atoms with Crippen molar-refractivity contribution >= 4 is 21.9 Å². The molecule has 0 saturated heterocycles. The molecule has 5 heteroatoms. The molecule has 0 aliphatic carbocycles. The van der Waals surface area contributed by atoms with Crippen LogP contribution in [0.5, 0.6) is 11.5 Å². The molecule has 2 rings (SSSR count). The summed E-state index contributed by atoms with van der Waals surface area (Å²) in [7, 11) is 1.62. The number of halogens is 1. The summed E-state index contributed by atoms with van der Waals surface area (Å²) in [5.41, 5.74) is 1.71. The van der Waals surface area contributed by atoms with Gasteiger partial charge in [0.05, 0.1) is 18.0 Å². The van der Waals surface area contributed by atoms with E-state index in [-0.39, 0.29) is 6.42 Å². The smallest absolute Gasteiger partial charge is 0.307 e. The monoisotopic (exact) mass is 350 g/mol. The molecule has 0 atom stereocenters. The lowest BCUT2D eigenvalue weighted by Crippen LogP contribution is -2.01. The van der Waals surface area contributed by atoms with E-state index in [9.17, 15) is 4.79 Å². The molecule has 0 unspecified atom stereocenters. The average molecular weight is 351 g/mol. The quantitative estimate of drug-likeness (QED) is 0.863. The van der Waals surface area contributed by atoms with Gasteiger partial charge in [-0.2, -0.15) is 0 Å². The van der Waals surface area contributed by atoms with Crippen molar-refractivity contribution in [3.63, 3.8) is 0 Å². The van der Waals surface area contributed by atoms with Gasteiger partial charge in [-0.05, 0) is 51.3 Å². The number of ether oxygens (including phenoxy) is 2. The van der Waals surface area contributed by atoms with Crippen molar-refractivity contribution in [2.75, 3.05) is 7.11 Å². The number of aliphatic carboxylic acids is 1. The molecule has 4 nitrogen and oxygen atoms in total. The molecule has 110 valence electrons. The van der Waals surface area contributed by atoms with E-state index in [1.165, 1.54) is 0 Å². The van der Waals surface area contributed by atoms with E-state index < -0.39 is 5.97 Å². The van der Waals surface area contributed by atoms with Crippen molar-refractivity contribution in [3.05, 3.63) is 58.1 Å². The molecule has 0 aliphatic rings. The van der Waals surface area contributed by atoms with Gasteiger partial charge in [0.1, 0.15) is 18.1 Å². The minimum Gasteiger partial charge on any atom is -0.496 e. The van der Waals surface area contributed by atoms with E-state index in [2.05, 4.69) is 15.9 Å². The van der Waals surface area contributed by atoms with Crippen LogP contribution in [0.4, 0.5) is 0 Å². The highest BCUT2D eigenvalue weighted by Gasteiger charge is 2.04. The maximum atomic E-state index is 10.7. The zero-order valence-electron chi connectivity index (χ0n) is 11.5. The molecule has 21 heavy (non-hydrogen) atoms. The normalized spacial score (nSPS) is 10.2. The van der Waals surface area contributed by atoms with E-state index in [1.54, 1.807) is 25.3 Å². The van der Waals surface area contributed by atoms with Gasteiger partial charge in [0, 0.05) is 0 Å². The van der Waals surface area contributed by atoms with Crippen molar-refractivity contribution in [2.45, 2.75) is 13.0 Å². The van der Waals surface area contributed by atoms with E-state index in [1.807, 2.05) is 24.3 Å². The van der Waals surface area contributed by atoms with Crippen LogP contribution in [-0.2, 0) is 17.8 Å². The molecule has 1 N–H and O–H groups in total. The Morgan fingerprint density at radius 2 is 2.00 bits per heavy atom. The van der Waals surface area contributed by atoms with Crippen LogP contribution >= 0.6 is 15.9 Å². The zero-order valence-corrected chi connectivity index (χ0v) is 13.1. The number of benzene rings is 2. The standard InChI is InChI=1S/C16H15BrO4/c1-20-15-6-5-12(8-14(15)17)10-21-13-4-2-3-11(7-13)9-16(18)19/h2-8H,9-10H2,1H3,(H,18,19). The lowest BCUT2D eigenvalue weighted by molar-refractivity contribution is -0.136. The molecular formula is C16H15BrO4. The summed E-state index contributed by atoms with van der Waals surface area (Å²) in [6.45, 7) is 0.402. The number of rotatable bonds is 6. The Labute approximate surface area is 131 Å². The fourth-order valence-corrected chi connectivity index (χ4v) is 2.47. The topological polar surface area (TPSA) is 55.8 Å². The molecule has 2 aromatic carbocycles. The van der Waals surface area contributed by atoms with Gasteiger partial charge in [-0.15, -0.1) is 0 Å². The molecule has 0 fully saturated rings. The third kappa shape index (κ3) is 4.49. The fraction of sp³-hybridized carbons (Fsp3) is 0.188. The summed E-state index contributed by atoms with van der Waals surface area (Å²) in [5.74, 6) is 0.564. The summed E-state index contributed by atoms with van der Waals surface area (Å²) in [6, 6.07) is 12.8. The number of hydrogen-bond donors (Lipinski definition) is 1. The van der Waals surface area contributed by atoms with Crippen molar-refractivity contribution in [1.29, 1.82) is 0 Å². The van der Waals surface area contributed by atoms with Gasteiger partial charge < -0.3 is 14.6 Å². The van der Waals surface area contributed by atoms with Gasteiger partial charge in [0.2, 0.25) is 0 Å². The molecular weight excluding hydrogens is 336 g/mol. The Morgan fingerprint density at radius 3 is 2.67 bits per heavy atom. The maximum Gasteiger partial charge on any atom is 0.307 e.